The lowest BCUT2D eigenvalue weighted by Gasteiger charge is -2.35. The third kappa shape index (κ3) is 3.71. The molecule has 2 rings (SSSR count). The van der Waals surface area contributed by atoms with Gasteiger partial charge in [0.2, 0.25) is 0 Å². The van der Waals surface area contributed by atoms with Crippen LogP contribution in [0.4, 0.5) is 14.5 Å². The number of anilines is 1. The molecule has 1 aliphatic rings. The summed E-state index contributed by atoms with van der Waals surface area (Å²) < 4.78 is 51.6. The van der Waals surface area contributed by atoms with Gasteiger partial charge in [0.1, 0.15) is 17.3 Å². The van der Waals surface area contributed by atoms with E-state index in [0.29, 0.717) is 12.0 Å². The average molecular weight is 318 g/mol. The van der Waals surface area contributed by atoms with Gasteiger partial charge in [-0.1, -0.05) is 0 Å². The van der Waals surface area contributed by atoms with E-state index < -0.39 is 27.5 Å². The highest BCUT2D eigenvalue weighted by molar-refractivity contribution is 7.91. The van der Waals surface area contributed by atoms with E-state index in [1.54, 1.807) is 13.8 Å². The first kappa shape index (κ1) is 16.2. The predicted molar refractivity (Wildman–Crippen MR) is 79.2 cm³/mol. The zero-order valence-electron chi connectivity index (χ0n) is 12.1. The van der Waals surface area contributed by atoms with Gasteiger partial charge in [-0.25, -0.2) is 17.2 Å². The number of rotatable bonds is 3. The first-order valence-electron chi connectivity index (χ1n) is 6.90. The third-order valence-electron chi connectivity index (χ3n) is 3.59. The molecule has 7 heteroatoms. The van der Waals surface area contributed by atoms with E-state index in [4.69, 9.17) is 5.73 Å². The topological polar surface area (TPSA) is 63.4 Å². The molecule has 1 aliphatic heterocycles. The molecule has 2 atom stereocenters. The maximum absolute atomic E-state index is 14.2. The molecule has 1 heterocycles. The van der Waals surface area contributed by atoms with Gasteiger partial charge in [-0.3, -0.25) is 0 Å². The Morgan fingerprint density at radius 1 is 1.38 bits per heavy atom. The molecule has 1 fully saturated rings. The SMILES string of the molecule is CC(N)Cc1cc(F)c(N2CCS(=O)(=O)CC2C)c(F)c1. The Morgan fingerprint density at radius 2 is 1.95 bits per heavy atom. The minimum atomic E-state index is -3.13. The second-order valence-corrected chi connectivity index (χ2v) is 7.97. The summed E-state index contributed by atoms with van der Waals surface area (Å²) in [6, 6.07) is 1.91. The molecule has 1 saturated heterocycles. The van der Waals surface area contributed by atoms with Crippen molar-refractivity contribution >= 4 is 15.5 Å². The molecule has 0 spiro atoms. The van der Waals surface area contributed by atoms with E-state index in [-0.39, 0.29) is 29.8 Å². The second-order valence-electron chi connectivity index (χ2n) is 5.75. The van der Waals surface area contributed by atoms with Gasteiger partial charge in [-0.15, -0.1) is 0 Å². The van der Waals surface area contributed by atoms with Crippen LogP contribution in [0.2, 0.25) is 0 Å². The second kappa shape index (κ2) is 5.88. The van der Waals surface area contributed by atoms with Crippen LogP contribution in [0, 0.1) is 11.6 Å². The number of hydrogen-bond acceptors (Lipinski definition) is 4. The number of nitrogens with zero attached hydrogens (tertiary/aromatic N) is 1. The predicted octanol–water partition coefficient (Wildman–Crippen LogP) is 1.48. The Kier molecular flexibility index (Phi) is 4.53. The number of benzene rings is 1. The van der Waals surface area contributed by atoms with Gasteiger partial charge in [0, 0.05) is 18.6 Å². The molecule has 0 bridgehead atoms. The molecular formula is C14H20F2N2O2S. The van der Waals surface area contributed by atoms with Crippen molar-refractivity contribution in [1.82, 2.24) is 0 Å². The van der Waals surface area contributed by atoms with Gasteiger partial charge in [-0.05, 0) is 38.0 Å². The summed E-state index contributed by atoms with van der Waals surface area (Å²) in [7, 11) is -3.13. The van der Waals surface area contributed by atoms with Crippen LogP contribution in [0.1, 0.15) is 19.4 Å². The van der Waals surface area contributed by atoms with Crippen molar-refractivity contribution in [1.29, 1.82) is 0 Å². The highest BCUT2D eigenvalue weighted by Crippen LogP contribution is 2.29. The van der Waals surface area contributed by atoms with Gasteiger partial charge in [0.15, 0.2) is 9.84 Å². The summed E-state index contributed by atoms with van der Waals surface area (Å²) >= 11 is 0. The van der Waals surface area contributed by atoms with Crippen LogP contribution in [-0.2, 0) is 16.3 Å². The lowest BCUT2D eigenvalue weighted by Crippen LogP contribution is -2.47. The fraction of sp³-hybridized carbons (Fsp3) is 0.571. The van der Waals surface area contributed by atoms with Crippen molar-refractivity contribution in [2.45, 2.75) is 32.4 Å². The van der Waals surface area contributed by atoms with Crippen molar-refractivity contribution in [2.24, 2.45) is 5.73 Å². The molecule has 0 aromatic heterocycles. The van der Waals surface area contributed by atoms with E-state index in [2.05, 4.69) is 0 Å². The van der Waals surface area contributed by atoms with Crippen molar-refractivity contribution in [3.8, 4) is 0 Å². The summed E-state index contributed by atoms with van der Waals surface area (Å²) in [6.45, 7) is 3.52. The van der Waals surface area contributed by atoms with Crippen LogP contribution in [0.3, 0.4) is 0 Å². The quantitative estimate of drug-likeness (QED) is 0.917. The minimum Gasteiger partial charge on any atom is -0.362 e. The standard InChI is InChI=1S/C14H20F2N2O2S/c1-9(17)5-11-6-12(15)14(13(16)7-11)18-3-4-21(19,20)8-10(18)2/h6-7,9-10H,3-5,8,17H2,1-2H3. The fourth-order valence-corrected chi connectivity index (χ4v) is 4.27. The number of hydrogen-bond donors (Lipinski definition) is 1. The molecule has 21 heavy (non-hydrogen) atoms. The summed E-state index contributed by atoms with van der Waals surface area (Å²) in [5.41, 5.74) is 5.99. The van der Waals surface area contributed by atoms with Gasteiger partial charge >= 0.3 is 0 Å². The van der Waals surface area contributed by atoms with Crippen LogP contribution in [0.15, 0.2) is 12.1 Å². The van der Waals surface area contributed by atoms with E-state index in [9.17, 15) is 17.2 Å². The number of halogens is 2. The van der Waals surface area contributed by atoms with Gasteiger partial charge in [-0.2, -0.15) is 0 Å². The molecular weight excluding hydrogens is 298 g/mol. The van der Waals surface area contributed by atoms with E-state index in [1.165, 1.54) is 17.0 Å². The maximum atomic E-state index is 14.2. The highest BCUT2D eigenvalue weighted by atomic mass is 32.2. The maximum Gasteiger partial charge on any atom is 0.154 e. The normalized spacial score (nSPS) is 23.1. The molecule has 2 N–H and O–H groups in total. The summed E-state index contributed by atoms with van der Waals surface area (Å²) in [4.78, 5) is 1.49. The highest BCUT2D eigenvalue weighted by Gasteiger charge is 2.31. The molecule has 2 unspecified atom stereocenters. The summed E-state index contributed by atoms with van der Waals surface area (Å²) in [5, 5.41) is 0. The zero-order valence-corrected chi connectivity index (χ0v) is 13.0. The van der Waals surface area contributed by atoms with Crippen LogP contribution in [0.25, 0.3) is 0 Å². The molecule has 1 aromatic rings. The molecule has 0 radical (unpaired) electrons. The average Bonchev–Trinajstić information content (AvgIpc) is 2.29. The zero-order chi connectivity index (χ0) is 15.8. The largest absolute Gasteiger partial charge is 0.362 e. The van der Waals surface area contributed by atoms with Crippen molar-refractivity contribution in [2.75, 3.05) is 23.0 Å². The Morgan fingerprint density at radius 3 is 2.43 bits per heavy atom. The van der Waals surface area contributed by atoms with Crippen LogP contribution >= 0.6 is 0 Å². The molecule has 0 aliphatic carbocycles. The number of nitrogens with two attached hydrogens (primary N) is 1. The van der Waals surface area contributed by atoms with Crippen molar-refractivity contribution < 1.29 is 17.2 Å². The van der Waals surface area contributed by atoms with Crippen LogP contribution in [-0.4, -0.2) is 38.6 Å². The van der Waals surface area contributed by atoms with Crippen molar-refractivity contribution in [3.63, 3.8) is 0 Å². The smallest absolute Gasteiger partial charge is 0.154 e. The van der Waals surface area contributed by atoms with Gasteiger partial charge in [0.25, 0.3) is 0 Å². The van der Waals surface area contributed by atoms with Gasteiger partial charge < -0.3 is 10.6 Å². The first-order valence-corrected chi connectivity index (χ1v) is 8.72. The molecule has 118 valence electrons. The van der Waals surface area contributed by atoms with Crippen LogP contribution in [0.5, 0.6) is 0 Å². The number of sulfone groups is 1. The molecule has 4 nitrogen and oxygen atoms in total. The Hall–Kier alpha value is -1.21. The van der Waals surface area contributed by atoms with E-state index in [0.717, 1.165) is 0 Å². The van der Waals surface area contributed by atoms with Crippen molar-refractivity contribution in [3.05, 3.63) is 29.3 Å². The van der Waals surface area contributed by atoms with E-state index >= 15 is 0 Å². The Balaban J connectivity index is 2.32. The lowest BCUT2D eigenvalue weighted by molar-refractivity contribution is 0.536. The minimum absolute atomic E-state index is 0.0855. The lowest BCUT2D eigenvalue weighted by atomic mass is 10.1. The first-order chi connectivity index (χ1) is 9.69. The third-order valence-corrected chi connectivity index (χ3v) is 5.39. The summed E-state index contributed by atoms with van der Waals surface area (Å²) in [6.07, 6.45) is 0.387. The molecule has 0 amide bonds. The molecule has 0 saturated carbocycles. The monoisotopic (exact) mass is 318 g/mol. The Bertz CT molecular complexity index is 609. The van der Waals surface area contributed by atoms with E-state index in [1.807, 2.05) is 0 Å². The van der Waals surface area contributed by atoms with Crippen LogP contribution < -0.4 is 10.6 Å². The summed E-state index contributed by atoms with van der Waals surface area (Å²) in [5.74, 6) is -1.51. The fourth-order valence-electron chi connectivity index (χ4n) is 2.71. The Labute approximate surface area is 123 Å². The van der Waals surface area contributed by atoms with Gasteiger partial charge in [0.05, 0.1) is 11.5 Å². The molecule has 1 aromatic carbocycles.